The van der Waals surface area contributed by atoms with Crippen LogP contribution in [0.15, 0.2) is 36.1 Å². The van der Waals surface area contributed by atoms with E-state index in [1.165, 1.54) is 5.01 Å². The van der Waals surface area contributed by atoms with Crippen molar-refractivity contribution in [2.75, 3.05) is 13.2 Å². The van der Waals surface area contributed by atoms with Crippen LogP contribution in [0.2, 0.25) is 0 Å². The number of pyridine rings is 1. The Hall–Kier alpha value is -1.34. The first-order chi connectivity index (χ1) is 11.4. The number of ether oxygens (including phenoxy) is 2. The van der Waals surface area contributed by atoms with Crippen molar-refractivity contribution in [3.05, 3.63) is 46.7 Å². The summed E-state index contributed by atoms with van der Waals surface area (Å²) in [4.78, 5) is 11.1. The SMILES string of the molecule is c1cncc(CO[C@@H]2CC[C@@H]3[C@@H]2OCCN3Cc2nccs2)c1. The molecule has 6 heteroatoms. The Balaban J connectivity index is 1.37. The molecular weight excluding hydrogens is 310 g/mol. The number of rotatable bonds is 5. The zero-order chi connectivity index (χ0) is 15.5. The van der Waals surface area contributed by atoms with E-state index in [1.54, 1.807) is 17.5 Å². The van der Waals surface area contributed by atoms with Gasteiger partial charge in [0.05, 0.1) is 32.0 Å². The zero-order valence-electron chi connectivity index (χ0n) is 13.0. The van der Waals surface area contributed by atoms with Crippen molar-refractivity contribution in [3.63, 3.8) is 0 Å². The lowest BCUT2D eigenvalue weighted by atomic mass is 10.1. The van der Waals surface area contributed by atoms with Gasteiger partial charge in [-0.25, -0.2) is 4.98 Å². The van der Waals surface area contributed by atoms with Gasteiger partial charge in [0.2, 0.25) is 0 Å². The Bertz CT molecular complexity index is 608. The van der Waals surface area contributed by atoms with E-state index in [2.05, 4.69) is 20.9 Å². The molecule has 0 aromatic carbocycles. The fourth-order valence-electron chi connectivity index (χ4n) is 3.56. The Kier molecular flexibility index (Phi) is 4.66. The van der Waals surface area contributed by atoms with Gasteiger partial charge >= 0.3 is 0 Å². The van der Waals surface area contributed by atoms with E-state index in [4.69, 9.17) is 9.47 Å². The molecule has 3 heterocycles. The minimum absolute atomic E-state index is 0.180. The molecule has 2 aromatic heterocycles. The van der Waals surface area contributed by atoms with E-state index in [0.29, 0.717) is 12.6 Å². The minimum atomic E-state index is 0.180. The van der Waals surface area contributed by atoms with Gasteiger partial charge in [-0.05, 0) is 24.5 Å². The summed E-state index contributed by atoms with van der Waals surface area (Å²) in [5, 5.41) is 3.23. The highest BCUT2D eigenvalue weighted by atomic mass is 32.1. The lowest BCUT2D eigenvalue weighted by Gasteiger charge is -2.38. The highest BCUT2D eigenvalue weighted by Gasteiger charge is 2.43. The lowest BCUT2D eigenvalue weighted by molar-refractivity contribution is -0.118. The maximum Gasteiger partial charge on any atom is 0.107 e. The molecule has 0 amide bonds. The summed E-state index contributed by atoms with van der Waals surface area (Å²) < 4.78 is 12.2. The van der Waals surface area contributed by atoms with Gasteiger partial charge < -0.3 is 9.47 Å². The summed E-state index contributed by atoms with van der Waals surface area (Å²) in [7, 11) is 0. The van der Waals surface area contributed by atoms with Gasteiger partial charge in [0.25, 0.3) is 0 Å². The van der Waals surface area contributed by atoms with Crippen LogP contribution in [0.5, 0.6) is 0 Å². The standard InChI is InChI=1S/C17H21N3O2S/c1-2-13(10-18-5-1)12-22-15-4-3-14-17(15)21-8-7-20(14)11-16-19-6-9-23-16/h1-2,5-6,9-10,14-15,17H,3-4,7-8,11-12H2/t14-,15-,17+/m1/s1. The normalized spacial score (nSPS) is 27.9. The second-order valence-corrected chi connectivity index (χ2v) is 7.07. The monoisotopic (exact) mass is 331 g/mol. The molecule has 0 radical (unpaired) electrons. The Morgan fingerprint density at radius 3 is 3.17 bits per heavy atom. The summed E-state index contributed by atoms with van der Waals surface area (Å²) in [6.07, 6.45) is 8.09. The van der Waals surface area contributed by atoms with Crippen LogP contribution in [-0.2, 0) is 22.6 Å². The number of fused-ring (bicyclic) bond motifs is 1. The Morgan fingerprint density at radius 1 is 1.35 bits per heavy atom. The smallest absolute Gasteiger partial charge is 0.107 e. The van der Waals surface area contributed by atoms with Gasteiger partial charge in [-0.2, -0.15) is 0 Å². The fourth-order valence-corrected chi connectivity index (χ4v) is 4.20. The highest BCUT2D eigenvalue weighted by Crippen LogP contribution is 2.33. The molecule has 1 aliphatic heterocycles. The molecule has 0 spiro atoms. The second-order valence-electron chi connectivity index (χ2n) is 6.09. The second kappa shape index (κ2) is 7.05. The number of nitrogens with zero attached hydrogens (tertiary/aromatic N) is 3. The van der Waals surface area contributed by atoms with E-state index in [1.807, 2.05) is 23.8 Å². The summed E-state index contributed by atoms with van der Waals surface area (Å²) >= 11 is 1.73. The maximum atomic E-state index is 6.14. The van der Waals surface area contributed by atoms with Crippen LogP contribution in [0.25, 0.3) is 0 Å². The van der Waals surface area contributed by atoms with E-state index in [-0.39, 0.29) is 12.2 Å². The molecule has 2 aromatic rings. The third-order valence-electron chi connectivity index (χ3n) is 4.66. The molecule has 1 saturated heterocycles. The quantitative estimate of drug-likeness (QED) is 0.842. The molecule has 2 fully saturated rings. The van der Waals surface area contributed by atoms with Crippen molar-refractivity contribution >= 4 is 11.3 Å². The molecule has 0 unspecified atom stereocenters. The fraction of sp³-hybridized carbons (Fsp3) is 0.529. The van der Waals surface area contributed by atoms with Gasteiger partial charge in [-0.1, -0.05) is 6.07 Å². The number of morpholine rings is 1. The maximum absolute atomic E-state index is 6.14. The zero-order valence-corrected chi connectivity index (χ0v) is 13.8. The first-order valence-corrected chi connectivity index (χ1v) is 9.02. The van der Waals surface area contributed by atoms with Crippen LogP contribution in [0.1, 0.15) is 23.4 Å². The predicted octanol–water partition coefficient (Wildman–Crippen LogP) is 2.49. The van der Waals surface area contributed by atoms with Crippen molar-refractivity contribution in [3.8, 4) is 0 Å². The molecule has 0 N–H and O–H groups in total. The molecule has 3 atom stereocenters. The molecule has 0 bridgehead atoms. The van der Waals surface area contributed by atoms with Crippen LogP contribution < -0.4 is 0 Å². The predicted molar refractivity (Wildman–Crippen MR) is 88.1 cm³/mol. The number of hydrogen-bond donors (Lipinski definition) is 0. The van der Waals surface area contributed by atoms with Crippen molar-refractivity contribution in [2.45, 2.75) is 44.2 Å². The molecule has 4 rings (SSSR count). The Morgan fingerprint density at radius 2 is 2.35 bits per heavy atom. The topological polar surface area (TPSA) is 47.5 Å². The average Bonchev–Trinajstić information content (AvgIpc) is 3.24. The van der Waals surface area contributed by atoms with Crippen LogP contribution in [0.4, 0.5) is 0 Å². The summed E-state index contributed by atoms with van der Waals surface area (Å²) in [5.74, 6) is 0. The number of hydrogen-bond acceptors (Lipinski definition) is 6. The molecule has 1 saturated carbocycles. The largest absolute Gasteiger partial charge is 0.373 e. The molecule has 5 nitrogen and oxygen atoms in total. The third-order valence-corrected chi connectivity index (χ3v) is 5.42. The minimum Gasteiger partial charge on any atom is -0.373 e. The molecule has 122 valence electrons. The van der Waals surface area contributed by atoms with Crippen LogP contribution >= 0.6 is 11.3 Å². The molecule has 23 heavy (non-hydrogen) atoms. The summed E-state index contributed by atoms with van der Waals surface area (Å²) in [6, 6.07) is 4.45. The molecular formula is C17H21N3O2S. The van der Waals surface area contributed by atoms with Gasteiger partial charge in [-0.15, -0.1) is 11.3 Å². The summed E-state index contributed by atoms with van der Waals surface area (Å²) in [5.41, 5.74) is 1.12. The van der Waals surface area contributed by atoms with Crippen molar-refractivity contribution in [1.82, 2.24) is 14.9 Å². The van der Waals surface area contributed by atoms with Gasteiger partial charge in [-0.3, -0.25) is 9.88 Å². The Labute approximate surface area is 140 Å². The van der Waals surface area contributed by atoms with E-state index >= 15 is 0 Å². The molecule has 2 aliphatic rings. The average molecular weight is 331 g/mol. The summed E-state index contributed by atoms with van der Waals surface area (Å²) in [6.45, 7) is 3.30. The number of aromatic nitrogens is 2. The van der Waals surface area contributed by atoms with E-state index < -0.39 is 0 Å². The van der Waals surface area contributed by atoms with Crippen molar-refractivity contribution < 1.29 is 9.47 Å². The van der Waals surface area contributed by atoms with Gasteiger partial charge in [0, 0.05) is 36.6 Å². The number of thiazole rings is 1. The first-order valence-electron chi connectivity index (χ1n) is 8.15. The van der Waals surface area contributed by atoms with E-state index in [0.717, 1.165) is 38.1 Å². The van der Waals surface area contributed by atoms with Crippen molar-refractivity contribution in [1.29, 1.82) is 0 Å². The highest BCUT2D eigenvalue weighted by molar-refractivity contribution is 7.09. The van der Waals surface area contributed by atoms with Crippen LogP contribution in [-0.4, -0.2) is 46.3 Å². The van der Waals surface area contributed by atoms with Crippen LogP contribution in [0, 0.1) is 0 Å². The molecule has 1 aliphatic carbocycles. The van der Waals surface area contributed by atoms with Crippen molar-refractivity contribution in [2.24, 2.45) is 0 Å². The van der Waals surface area contributed by atoms with Gasteiger partial charge in [0.1, 0.15) is 5.01 Å². The van der Waals surface area contributed by atoms with Gasteiger partial charge in [0.15, 0.2) is 0 Å². The first kappa shape index (κ1) is 15.2. The van der Waals surface area contributed by atoms with Crippen LogP contribution in [0.3, 0.4) is 0 Å². The van der Waals surface area contributed by atoms with E-state index in [9.17, 15) is 0 Å². The third kappa shape index (κ3) is 3.45. The lowest BCUT2D eigenvalue weighted by Crippen LogP contribution is -2.51.